The zero-order chi connectivity index (χ0) is 20.5. The standard InChI is InChI=1S/C24H31NO3.CH3/c1-16-6-7-19(15-23(16)28-5)14-22-21-13-18(3)17(2)12-20(21)8-10-25(22,4)11-9-24(26)27;/h6-7,12-13,15,22H,8-11,14H2,1-5H3;1H3/q;-1/p+1/t22-,25-;/m1./s1. The molecule has 0 radical (unpaired) electrons. The highest BCUT2D eigenvalue weighted by Crippen LogP contribution is 2.39. The van der Waals surface area contributed by atoms with Gasteiger partial charge in [-0.2, -0.15) is 0 Å². The largest absolute Gasteiger partial charge is 0.496 e. The van der Waals surface area contributed by atoms with Crippen LogP contribution in [0, 0.1) is 28.2 Å². The minimum absolute atomic E-state index is 0. The number of carboxylic acid groups (broad SMARTS) is 1. The highest BCUT2D eigenvalue weighted by atomic mass is 16.5. The number of benzene rings is 2. The fourth-order valence-electron chi connectivity index (χ4n) is 4.46. The van der Waals surface area contributed by atoms with Crippen molar-refractivity contribution in [3.05, 3.63) is 71.1 Å². The molecule has 2 aromatic carbocycles. The van der Waals surface area contributed by atoms with Gasteiger partial charge in [0.2, 0.25) is 0 Å². The number of aliphatic carboxylic acids is 1. The molecule has 1 N–H and O–H groups in total. The van der Waals surface area contributed by atoms with Crippen molar-refractivity contribution in [3.8, 4) is 5.75 Å². The van der Waals surface area contributed by atoms with E-state index in [0.29, 0.717) is 6.54 Å². The maximum atomic E-state index is 11.3. The summed E-state index contributed by atoms with van der Waals surface area (Å²) in [5, 5.41) is 9.28. The second-order valence-corrected chi connectivity index (χ2v) is 8.48. The second-order valence-electron chi connectivity index (χ2n) is 8.48. The summed E-state index contributed by atoms with van der Waals surface area (Å²) in [6, 6.07) is 11.3. The van der Waals surface area contributed by atoms with Crippen molar-refractivity contribution in [1.29, 1.82) is 0 Å². The number of ether oxygens (including phenoxy) is 1. The molecule has 3 rings (SSSR count). The van der Waals surface area contributed by atoms with Crippen LogP contribution in [0.1, 0.15) is 45.8 Å². The molecule has 0 aliphatic carbocycles. The highest BCUT2D eigenvalue weighted by Gasteiger charge is 2.39. The fourth-order valence-corrected chi connectivity index (χ4v) is 4.46. The van der Waals surface area contributed by atoms with E-state index < -0.39 is 5.97 Å². The summed E-state index contributed by atoms with van der Waals surface area (Å²) in [6.45, 7) is 8.00. The van der Waals surface area contributed by atoms with Crippen LogP contribution in [0.4, 0.5) is 0 Å². The fraction of sp³-hybridized carbons (Fsp3) is 0.440. The van der Waals surface area contributed by atoms with E-state index in [1.807, 2.05) is 0 Å². The molecular formula is C25H35NO3. The number of aryl methyl sites for hydroxylation is 3. The molecular weight excluding hydrogens is 362 g/mol. The van der Waals surface area contributed by atoms with Crippen LogP contribution in [0.2, 0.25) is 0 Å². The van der Waals surface area contributed by atoms with Crippen LogP contribution in [0.25, 0.3) is 0 Å². The molecule has 158 valence electrons. The van der Waals surface area contributed by atoms with Crippen molar-refractivity contribution in [3.63, 3.8) is 0 Å². The number of methoxy groups -OCH3 is 1. The van der Waals surface area contributed by atoms with Crippen LogP contribution < -0.4 is 4.74 Å². The quantitative estimate of drug-likeness (QED) is 0.561. The van der Waals surface area contributed by atoms with E-state index in [4.69, 9.17) is 4.74 Å². The third kappa shape index (κ3) is 4.81. The molecule has 4 heteroatoms. The number of carbonyl (C=O) groups is 1. The Kier molecular flexibility index (Phi) is 7.12. The number of nitrogens with zero attached hydrogens (tertiary/aromatic N) is 1. The van der Waals surface area contributed by atoms with Crippen LogP contribution in [-0.2, 0) is 17.6 Å². The van der Waals surface area contributed by atoms with Crippen LogP contribution in [-0.4, -0.2) is 42.8 Å². The molecule has 0 spiro atoms. The van der Waals surface area contributed by atoms with Gasteiger partial charge in [0.15, 0.2) is 0 Å². The first kappa shape index (κ1) is 23.0. The number of rotatable bonds is 6. The lowest BCUT2D eigenvalue weighted by atomic mass is 9.84. The molecule has 0 fully saturated rings. The average Bonchev–Trinajstić information content (AvgIpc) is 2.65. The lowest BCUT2D eigenvalue weighted by Crippen LogP contribution is -2.53. The van der Waals surface area contributed by atoms with Crippen molar-refractivity contribution in [1.82, 2.24) is 0 Å². The van der Waals surface area contributed by atoms with Crippen molar-refractivity contribution < 1.29 is 19.1 Å². The van der Waals surface area contributed by atoms with Gasteiger partial charge < -0.3 is 21.8 Å². The SMILES string of the molecule is COc1cc(C[C@@H]2c3cc(C)c(C)cc3CC[N@+]2(C)CCC(=O)O)ccc1C.[CH3-]. The predicted molar refractivity (Wildman–Crippen MR) is 118 cm³/mol. The van der Waals surface area contributed by atoms with E-state index in [-0.39, 0.29) is 19.9 Å². The number of quaternary nitrogens is 1. The van der Waals surface area contributed by atoms with E-state index in [2.05, 4.69) is 58.2 Å². The average molecular weight is 398 g/mol. The lowest BCUT2D eigenvalue weighted by Gasteiger charge is -2.46. The van der Waals surface area contributed by atoms with Crippen molar-refractivity contribution in [2.24, 2.45) is 0 Å². The van der Waals surface area contributed by atoms with Crippen LogP contribution >= 0.6 is 0 Å². The monoisotopic (exact) mass is 397 g/mol. The van der Waals surface area contributed by atoms with E-state index in [1.165, 1.54) is 27.8 Å². The Labute approximate surface area is 175 Å². The summed E-state index contributed by atoms with van der Waals surface area (Å²) in [5.41, 5.74) is 7.79. The summed E-state index contributed by atoms with van der Waals surface area (Å²) in [6.07, 6.45) is 2.08. The molecule has 0 saturated carbocycles. The minimum atomic E-state index is -0.721. The Bertz CT molecular complexity index is 890. The Morgan fingerprint density at radius 2 is 1.83 bits per heavy atom. The second kappa shape index (κ2) is 9.00. The number of likely N-dealkylation sites (N-methyl/N-ethyl adjacent to an activating group) is 1. The molecule has 2 atom stereocenters. The first-order chi connectivity index (χ1) is 13.2. The Balaban J connectivity index is 0.00000300. The van der Waals surface area contributed by atoms with Gasteiger partial charge in [-0.05, 0) is 60.7 Å². The molecule has 4 nitrogen and oxygen atoms in total. The molecule has 1 heterocycles. The third-order valence-corrected chi connectivity index (χ3v) is 6.50. The van der Waals surface area contributed by atoms with Gasteiger partial charge in [-0.1, -0.05) is 18.2 Å². The molecule has 1 aliphatic heterocycles. The van der Waals surface area contributed by atoms with Crippen molar-refractivity contribution >= 4 is 5.97 Å². The van der Waals surface area contributed by atoms with E-state index in [1.54, 1.807) is 7.11 Å². The Morgan fingerprint density at radius 1 is 1.14 bits per heavy atom. The van der Waals surface area contributed by atoms with Gasteiger partial charge in [-0.25, -0.2) is 0 Å². The summed E-state index contributed by atoms with van der Waals surface area (Å²) >= 11 is 0. The molecule has 0 unspecified atom stereocenters. The van der Waals surface area contributed by atoms with Crippen molar-refractivity contribution in [2.75, 3.05) is 27.2 Å². The summed E-state index contributed by atoms with van der Waals surface area (Å²) in [5.74, 6) is 0.189. The number of fused-ring (bicyclic) bond motifs is 1. The number of carboxylic acids is 1. The lowest BCUT2D eigenvalue weighted by molar-refractivity contribution is -0.940. The Morgan fingerprint density at radius 3 is 2.48 bits per heavy atom. The van der Waals surface area contributed by atoms with Crippen molar-refractivity contribution in [2.45, 2.75) is 46.1 Å². The molecule has 29 heavy (non-hydrogen) atoms. The summed E-state index contributed by atoms with van der Waals surface area (Å²) < 4.78 is 6.29. The molecule has 1 aliphatic rings. The summed E-state index contributed by atoms with van der Waals surface area (Å²) in [7, 11) is 3.93. The van der Waals surface area contributed by atoms with E-state index in [0.717, 1.165) is 35.2 Å². The highest BCUT2D eigenvalue weighted by molar-refractivity contribution is 5.66. The molecule has 0 bridgehead atoms. The number of hydrogen-bond donors (Lipinski definition) is 1. The van der Waals surface area contributed by atoms with Gasteiger partial charge in [0.05, 0.1) is 33.7 Å². The van der Waals surface area contributed by atoms with Gasteiger partial charge in [-0.15, -0.1) is 0 Å². The number of hydrogen-bond acceptors (Lipinski definition) is 2. The van der Waals surface area contributed by atoms with Gasteiger partial charge >= 0.3 is 5.97 Å². The zero-order valence-electron chi connectivity index (χ0n) is 18.7. The smallest absolute Gasteiger partial charge is 0.309 e. The maximum absolute atomic E-state index is 11.3. The normalized spacial score (nSPS) is 20.5. The van der Waals surface area contributed by atoms with E-state index in [9.17, 15) is 9.90 Å². The van der Waals surface area contributed by atoms with Gasteiger partial charge in [-0.3, -0.25) is 4.79 Å². The zero-order valence-corrected chi connectivity index (χ0v) is 18.7. The predicted octanol–water partition coefficient (Wildman–Crippen LogP) is 4.83. The first-order valence-electron chi connectivity index (χ1n) is 10.0. The van der Waals surface area contributed by atoms with Gasteiger partial charge in [0.25, 0.3) is 0 Å². The van der Waals surface area contributed by atoms with Crippen LogP contribution in [0.3, 0.4) is 0 Å². The topological polar surface area (TPSA) is 46.5 Å². The first-order valence-corrected chi connectivity index (χ1v) is 10.0. The Hall–Kier alpha value is -2.33. The van der Waals surface area contributed by atoms with Gasteiger partial charge in [0, 0.05) is 18.4 Å². The molecule has 0 saturated heterocycles. The van der Waals surface area contributed by atoms with Crippen LogP contribution in [0.5, 0.6) is 5.75 Å². The molecule has 0 amide bonds. The maximum Gasteiger partial charge on any atom is 0.309 e. The van der Waals surface area contributed by atoms with Crippen LogP contribution in [0.15, 0.2) is 30.3 Å². The van der Waals surface area contributed by atoms with Gasteiger partial charge in [0.1, 0.15) is 11.8 Å². The summed E-state index contributed by atoms with van der Waals surface area (Å²) in [4.78, 5) is 11.3. The molecule has 2 aromatic rings. The molecule has 0 aromatic heterocycles. The third-order valence-electron chi connectivity index (χ3n) is 6.50. The van der Waals surface area contributed by atoms with E-state index >= 15 is 0 Å². The minimum Gasteiger partial charge on any atom is -0.496 e.